The average molecular weight is 224 g/mol. The number of rotatable bonds is 1. The first kappa shape index (κ1) is 9.58. The van der Waals surface area contributed by atoms with Gasteiger partial charge in [-0.1, -0.05) is 19.3 Å². The Morgan fingerprint density at radius 1 is 1.33 bits per heavy atom. The van der Waals surface area contributed by atoms with Gasteiger partial charge in [-0.15, -0.1) is 11.8 Å². The van der Waals surface area contributed by atoms with Crippen molar-refractivity contribution in [3.8, 4) is 0 Å². The third kappa shape index (κ3) is 1.38. The monoisotopic (exact) mass is 224 g/mol. The molecule has 0 aromatic carbocycles. The van der Waals surface area contributed by atoms with Crippen LogP contribution in [0.4, 0.5) is 0 Å². The van der Waals surface area contributed by atoms with Gasteiger partial charge in [0.1, 0.15) is 0 Å². The fraction of sp³-hybridized carbons (Fsp3) is 0.727. The lowest BCUT2D eigenvalue weighted by Crippen LogP contribution is -2.53. The van der Waals surface area contributed by atoms with Gasteiger partial charge in [0.2, 0.25) is 0 Å². The van der Waals surface area contributed by atoms with Crippen LogP contribution < -0.4 is 11.1 Å². The highest BCUT2D eigenvalue weighted by molar-refractivity contribution is 8.04. The fourth-order valence-corrected chi connectivity index (χ4v) is 4.51. The Bertz CT molecular complexity index is 339. The predicted molar refractivity (Wildman–Crippen MR) is 61.1 cm³/mol. The molecule has 2 fully saturated rings. The summed E-state index contributed by atoms with van der Waals surface area (Å²) in [5.74, 6) is 0.366. The summed E-state index contributed by atoms with van der Waals surface area (Å²) in [5, 5.41) is 4.05. The van der Waals surface area contributed by atoms with E-state index in [9.17, 15) is 4.79 Å². The van der Waals surface area contributed by atoms with Gasteiger partial charge < -0.3 is 11.1 Å². The molecular weight excluding hydrogens is 208 g/mol. The minimum Gasteiger partial charge on any atom is -0.384 e. The first-order chi connectivity index (χ1) is 7.27. The zero-order chi connectivity index (χ0) is 10.4. The van der Waals surface area contributed by atoms with E-state index in [1.54, 1.807) is 11.8 Å². The summed E-state index contributed by atoms with van der Waals surface area (Å²) >= 11 is 1.72. The number of hydrogen-bond donors (Lipinski definition) is 2. The van der Waals surface area contributed by atoms with Crippen LogP contribution in [0, 0.1) is 5.92 Å². The van der Waals surface area contributed by atoms with E-state index >= 15 is 0 Å². The van der Waals surface area contributed by atoms with Crippen LogP contribution >= 0.6 is 11.8 Å². The Hall–Kier alpha value is -0.640. The highest BCUT2D eigenvalue weighted by Gasteiger charge is 2.49. The first-order valence-electron chi connectivity index (χ1n) is 5.74. The SMILES string of the molecule is NC(=O)C1=C2NC3CCCCCC(S1)C23. The van der Waals surface area contributed by atoms with E-state index in [1.165, 1.54) is 32.1 Å². The lowest BCUT2D eigenvalue weighted by molar-refractivity contribution is -0.114. The molecule has 0 radical (unpaired) electrons. The van der Waals surface area contributed by atoms with Gasteiger partial charge in [0.05, 0.1) is 4.91 Å². The zero-order valence-corrected chi connectivity index (χ0v) is 9.48. The molecule has 1 aliphatic carbocycles. The zero-order valence-electron chi connectivity index (χ0n) is 8.66. The molecule has 1 saturated carbocycles. The number of hydrogen-bond acceptors (Lipinski definition) is 3. The van der Waals surface area contributed by atoms with Crippen LogP contribution in [0.25, 0.3) is 0 Å². The molecule has 3 nitrogen and oxygen atoms in total. The Kier molecular flexibility index (Phi) is 2.20. The number of carbonyl (C=O) groups excluding carboxylic acids is 1. The minimum absolute atomic E-state index is 0.243. The molecule has 4 heteroatoms. The molecule has 3 N–H and O–H groups in total. The van der Waals surface area contributed by atoms with Crippen LogP contribution in [0.15, 0.2) is 10.6 Å². The van der Waals surface area contributed by atoms with Gasteiger partial charge in [0.15, 0.2) is 0 Å². The summed E-state index contributed by atoms with van der Waals surface area (Å²) in [6, 6.07) is 0.620. The molecule has 2 aliphatic heterocycles. The molecule has 82 valence electrons. The van der Waals surface area contributed by atoms with E-state index in [2.05, 4.69) is 5.32 Å². The van der Waals surface area contributed by atoms with E-state index in [0.717, 1.165) is 10.6 Å². The second-order valence-corrected chi connectivity index (χ2v) is 5.93. The Balaban J connectivity index is 1.85. The third-order valence-corrected chi connectivity index (χ3v) is 5.24. The molecule has 3 unspecified atom stereocenters. The Morgan fingerprint density at radius 3 is 2.93 bits per heavy atom. The maximum Gasteiger partial charge on any atom is 0.256 e. The lowest BCUT2D eigenvalue weighted by atomic mass is 9.78. The van der Waals surface area contributed by atoms with Crippen molar-refractivity contribution in [1.29, 1.82) is 0 Å². The quantitative estimate of drug-likeness (QED) is 0.707. The molecule has 0 spiro atoms. The highest BCUT2D eigenvalue weighted by Crippen LogP contribution is 2.51. The van der Waals surface area contributed by atoms with Crippen LogP contribution in [-0.2, 0) is 4.79 Å². The predicted octanol–water partition coefficient (Wildman–Crippen LogP) is 1.35. The maximum atomic E-state index is 11.3. The van der Waals surface area contributed by atoms with Gasteiger partial charge >= 0.3 is 0 Å². The number of thioether (sulfide) groups is 1. The van der Waals surface area contributed by atoms with Gasteiger partial charge in [-0.3, -0.25) is 4.79 Å². The average Bonchev–Trinajstić information content (AvgIpc) is 2.41. The molecule has 0 aromatic rings. The molecule has 0 bridgehead atoms. The van der Waals surface area contributed by atoms with Gasteiger partial charge in [-0.25, -0.2) is 0 Å². The summed E-state index contributed by atoms with van der Waals surface area (Å²) in [4.78, 5) is 12.1. The van der Waals surface area contributed by atoms with Crippen molar-refractivity contribution < 1.29 is 4.79 Å². The van der Waals surface area contributed by atoms with E-state index in [-0.39, 0.29) is 5.91 Å². The molecule has 3 atom stereocenters. The summed E-state index contributed by atoms with van der Waals surface area (Å²) in [5.41, 5.74) is 6.54. The van der Waals surface area contributed by atoms with Crippen molar-refractivity contribution in [2.45, 2.75) is 43.4 Å². The number of nitrogens with two attached hydrogens (primary N) is 1. The van der Waals surface area contributed by atoms with Crippen molar-refractivity contribution >= 4 is 17.7 Å². The lowest BCUT2D eigenvalue weighted by Gasteiger charge is -2.43. The van der Waals surface area contributed by atoms with Gasteiger partial charge in [-0.05, 0) is 12.8 Å². The molecule has 15 heavy (non-hydrogen) atoms. The van der Waals surface area contributed by atoms with E-state index in [0.29, 0.717) is 17.2 Å². The number of primary amides is 1. The minimum atomic E-state index is -0.243. The standard InChI is InChI=1S/C11H16N2OS/c12-11(14)10-9-8-6(13-9)4-2-1-3-5-7(8)15-10/h6-8,13H,1-5H2,(H2,12,14). The van der Waals surface area contributed by atoms with Crippen LogP contribution in [0.2, 0.25) is 0 Å². The van der Waals surface area contributed by atoms with Crippen molar-refractivity contribution in [3.05, 3.63) is 10.6 Å². The van der Waals surface area contributed by atoms with Crippen LogP contribution in [0.5, 0.6) is 0 Å². The summed E-state index contributed by atoms with van der Waals surface area (Å²) in [6.07, 6.45) is 6.47. The molecule has 1 amide bonds. The van der Waals surface area contributed by atoms with Gasteiger partial charge in [-0.2, -0.15) is 0 Å². The molecule has 0 aromatic heterocycles. The smallest absolute Gasteiger partial charge is 0.256 e. The largest absolute Gasteiger partial charge is 0.384 e. The number of nitrogens with one attached hydrogen (secondary N) is 1. The summed E-state index contributed by atoms with van der Waals surface area (Å²) < 4.78 is 0. The topological polar surface area (TPSA) is 55.1 Å². The summed E-state index contributed by atoms with van der Waals surface area (Å²) in [6.45, 7) is 0. The molecule has 3 rings (SSSR count). The fourth-order valence-electron chi connectivity index (χ4n) is 3.01. The molecule has 3 aliphatic rings. The summed E-state index contributed by atoms with van der Waals surface area (Å²) in [7, 11) is 0. The Morgan fingerprint density at radius 2 is 2.13 bits per heavy atom. The van der Waals surface area contributed by atoms with Crippen LogP contribution in [0.3, 0.4) is 0 Å². The maximum absolute atomic E-state index is 11.3. The molecule has 2 heterocycles. The molecule has 1 saturated heterocycles. The van der Waals surface area contributed by atoms with E-state index in [4.69, 9.17) is 5.73 Å². The van der Waals surface area contributed by atoms with E-state index in [1.807, 2.05) is 0 Å². The normalized spacial score (nSPS) is 38.5. The van der Waals surface area contributed by atoms with Crippen LogP contribution in [0.1, 0.15) is 32.1 Å². The second kappa shape index (κ2) is 3.44. The number of amides is 1. The first-order valence-corrected chi connectivity index (χ1v) is 6.62. The Labute approximate surface area is 93.9 Å². The number of carbonyl (C=O) groups is 1. The second-order valence-electron chi connectivity index (χ2n) is 4.68. The highest BCUT2D eigenvalue weighted by atomic mass is 32.2. The molecular formula is C11H16N2OS. The van der Waals surface area contributed by atoms with Crippen molar-refractivity contribution in [2.75, 3.05) is 0 Å². The van der Waals surface area contributed by atoms with Crippen molar-refractivity contribution in [2.24, 2.45) is 11.7 Å². The van der Waals surface area contributed by atoms with Crippen molar-refractivity contribution in [1.82, 2.24) is 5.32 Å². The van der Waals surface area contributed by atoms with Gasteiger partial charge in [0.25, 0.3) is 5.91 Å². The van der Waals surface area contributed by atoms with Crippen LogP contribution in [-0.4, -0.2) is 17.2 Å². The van der Waals surface area contributed by atoms with Gasteiger partial charge in [0, 0.05) is 22.9 Å². The van der Waals surface area contributed by atoms with E-state index < -0.39 is 0 Å². The third-order valence-electron chi connectivity index (χ3n) is 3.75. The van der Waals surface area contributed by atoms with Crippen molar-refractivity contribution in [3.63, 3.8) is 0 Å².